The van der Waals surface area contributed by atoms with Crippen LogP contribution in [-0.4, -0.2) is 59.6 Å². The molecule has 0 spiro atoms. The lowest BCUT2D eigenvalue weighted by Gasteiger charge is -2.30. The Labute approximate surface area is 163 Å². The summed E-state index contributed by atoms with van der Waals surface area (Å²) < 4.78 is 27.7. The third kappa shape index (κ3) is 4.79. The molecule has 1 saturated heterocycles. The molecule has 2 N–H and O–H groups in total. The van der Waals surface area contributed by atoms with E-state index in [0.29, 0.717) is 43.5 Å². The normalized spacial score (nSPS) is 22.5. The van der Waals surface area contributed by atoms with Crippen LogP contribution >= 0.6 is 0 Å². The molecule has 28 heavy (non-hydrogen) atoms. The third-order valence-electron chi connectivity index (χ3n) is 5.78. The van der Waals surface area contributed by atoms with Crippen molar-refractivity contribution in [2.75, 3.05) is 26.7 Å². The number of fused-ring (bicyclic) bond motifs is 1. The van der Waals surface area contributed by atoms with Crippen molar-refractivity contribution in [1.29, 1.82) is 0 Å². The molecule has 6 nitrogen and oxygen atoms in total. The van der Waals surface area contributed by atoms with Gasteiger partial charge in [0.05, 0.1) is 12.6 Å². The van der Waals surface area contributed by atoms with Crippen molar-refractivity contribution in [1.82, 2.24) is 15.1 Å². The van der Waals surface area contributed by atoms with Crippen molar-refractivity contribution < 1.29 is 23.5 Å². The Morgan fingerprint density at radius 1 is 1.21 bits per heavy atom. The van der Waals surface area contributed by atoms with Crippen LogP contribution in [0.25, 0.3) is 0 Å². The van der Waals surface area contributed by atoms with E-state index in [4.69, 9.17) is 5.11 Å². The predicted octanol–water partition coefficient (Wildman–Crippen LogP) is 2.92. The summed E-state index contributed by atoms with van der Waals surface area (Å²) in [6.45, 7) is 1.09. The SMILES string of the molecule is CN(CC(=O)O)C1CCCN(C(=O)N[C@H]2CCCc3c(F)cc(F)cc32)CC1. The van der Waals surface area contributed by atoms with E-state index in [1.807, 2.05) is 4.90 Å². The molecule has 1 unspecified atom stereocenters. The van der Waals surface area contributed by atoms with Crippen LogP contribution in [0.2, 0.25) is 0 Å². The fourth-order valence-corrected chi connectivity index (χ4v) is 4.29. The maximum atomic E-state index is 14.1. The number of aliphatic carboxylic acids is 1. The number of carbonyl (C=O) groups excluding carboxylic acids is 1. The molecule has 8 heteroatoms. The number of nitrogens with zero attached hydrogens (tertiary/aromatic N) is 2. The minimum absolute atomic E-state index is 0.0210. The average molecular weight is 395 g/mol. The van der Waals surface area contributed by atoms with E-state index in [1.165, 1.54) is 6.07 Å². The molecule has 2 amide bonds. The number of carboxylic acids is 1. The molecule has 0 saturated carbocycles. The van der Waals surface area contributed by atoms with E-state index in [9.17, 15) is 18.4 Å². The first kappa shape index (κ1) is 20.5. The number of hydrogen-bond acceptors (Lipinski definition) is 3. The predicted molar refractivity (Wildman–Crippen MR) is 100 cm³/mol. The van der Waals surface area contributed by atoms with Crippen molar-refractivity contribution in [3.8, 4) is 0 Å². The molecule has 1 fully saturated rings. The lowest BCUT2D eigenvalue weighted by atomic mass is 9.87. The molecule has 1 aliphatic carbocycles. The van der Waals surface area contributed by atoms with Crippen LogP contribution in [0.5, 0.6) is 0 Å². The maximum Gasteiger partial charge on any atom is 0.317 e. The number of nitrogens with one attached hydrogen (secondary N) is 1. The van der Waals surface area contributed by atoms with Crippen LogP contribution in [0.4, 0.5) is 13.6 Å². The second kappa shape index (κ2) is 8.86. The Kier molecular flexibility index (Phi) is 6.49. The molecule has 0 aromatic heterocycles. The minimum atomic E-state index is -0.864. The highest BCUT2D eigenvalue weighted by atomic mass is 19.1. The first-order valence-corrected chi connectivity index (χ1v) is 9.80. The van der Waals surface area contributed by atoms with Gasteiger partial charge in [0.1, 0.15) is 11.6 Å². The van der Waals surface area contributed by atoms with E-state index in [0.717, 1.165) is 25.3 Å². The highest BCUT2D eigenvalue weighted by Gasteiger charge is 2.28. The van der Waals surface area contributed by atoms with Gasteiger partial charge in [-0.15, -0.1) is 0 Å². The molecule has 1 aromatic carbocycles. The first-order valence-electron chi connectivity index (χ1n) is 9.80. The number of likely N-dealkylation sites (N-methyl/N-ethyl adjacent to an activating group) is 1. The number of amides is 2. The summed E-state index contributed by atoms with van der Waals surface area (Å²) >= 11 is 0. The van der Waals surface area contributed by atoms with Gasteiger partial charge in [0.2, 0.25) is 0 Å². The van der Waals surface area contributed by atoms with Gasteiger partial charge in [-0.05, 0) is 62.8 Å². The van der Waals surface area contributed by atoms with Crippen molar-refractivity contribution in [3.63, 3.8) is 0 Å². The van der Waals surface area contributed by atoms with Crippen LogP contribution < -0.4 is 5.32 Å². The number of carboxylic acid groups (broad SMARTS) is 1. The second-order valence-electron chi connectivity index (χ2n) is 7.73. The molecule has 1 aliphatic heterocycles. The number of hydrogen-bond donors (Lipinski definition) is 2. The van der Waals surface area contributed by atoms with E-state index < -0.39 is 23.6 Å². The smallest absolute Gasteiger partial charge is 0.317 e. The number of carbonyl (C=O) groups is 2. The number of likely N-dealkylation sites (tertiary alicyclic amines) is 1. The van der Waals surface area contributed by atoms with Crippen molar-refractivity contribution in [2.45, 2.75) is 50.6 Å². The molecular formula is C20H27F2N3O3. The van der Waals surface area contributed by atoms with Crippen LogP contribution in [0.1, 0.15) is 49.3 Å². The van der Waals surface area contributed by atoms with Crippen molar-refractivity contribution in [3.05, 3.63) is 34.9 Å². The number of halogens is 2. The van der Waals surface area contributed by atoms with Gasteiger partial charge in [-0.1, -0.05) is 0 Å². The quantitative estimate of drug-likeness (QED) is 0.822. The van der Waals surface area contributed by atoms with E-state index >= 15 is 0 Å². The first-order chi connectivity index (χ1) is 13.3. The summed E-state index contributed by atoms with van der Waals surface area (Å²) in [6.07, 6.45) is 4.25. The van der Waals surface area contributed by atoms with Gasteiger partial charge in [0, 0.05) is 25.2 Å². The molecule has 0 bridgehead atoms. The topological polar surface area (TPSA) is 72.9 Å². The van der Waals surface area contributed by atoms with E-state index in [2.05, 4.69) is 5.32 Å². The highest BCUT2D eigenvalue weighted by molar-refractivity contribution is 5.75. The molecule has 1 aromatic rings. The van der Waals surface area contributed by atoms with Gasteiger partial charge in [-0.25, -0.2) is 13.6 Å². The molecule has 2 aliphatic rings. The van der Waals surface area contributed by atoms with Crippen LogP contribution in [0.15, 0.2) is 12.1 Å². The highest BCUT2D eigenvalue weighted by Crippen LogP contribution is 2.32. The fourth-order valence-electron chi connectivity index (χ4n) is 4.29. The van der Waals surface area contributed by atoms with Gasteiger partial charge < -0.3 is 15.3 Å². The largest absolute Gasteiger partial charge is 0.480 e. The summed E-state index contributed by atoms with van der Waals surface area (Å²) in [4.78, 5) is 27.2. The third-order valence-corrected chi connectivity index (χ3v) is 5.78. The molecule has 3 rings (SSSR count). The van der Waals surface area contributed by atoms with E-state index in [-0.39, 0.29) is 18.6 Å². The number of rotatable bonds is 4. The van der Waals surface area contributed by atoms with Gasteiger partial charge in [0.15, 0.2) is 0 Å². The van der Waals surface area contributed by atoms with Crippen LogP contribution in [0.3, 0.4) is 0 Å². The Balaban J connectivity index is 1.63. The maximum absolute atomic E-state index is 14.1. The number of urea groups is 1. The van der Waals surface area contributed by atoms with Crippen LogP contribution in [-0.2, 0) is 11.2 Å². The summed E-state index contributed by atoms with van der Waals surface area (Å²) in [5.41, 5.74) is 1.02. The molecule has 0 radical (unpaired) electrons. The number of benzene rings is 1. The average Bonchev–Trinajstić information content (AvgIpc) is 2.88. The summed E-state index contributed by atoms with van der Waals surface area (Å²) in [6, 6.07) is 1.71. The summed E-state index contributed by atoms with van der Waals surface area (Å²) in [5, 5.41) is 11.9. The standard InChI is InChI=1S/C20H27F2N3O3/c1-24(12-19(26)27)14-4-3-8-25(9-7-14)20(28)23-18-6-2-5-15-16(18)10-13(21)11-17(15)22/h10-11,14,18H,2-9,12H2,1H3,(H,23,28)(H,26,27)/t14?,18-/m0/s1. The van der Waals surface area contributed by atoms with Gasteiger partial charge in [-0.2, -0.15) is 0 Å². The van der Waals surface area contributed by atoms with Gasteiger partial charge in [-0.3, -0.25) is 9.69 Å². The zero-order chi connectivity index (χ0) is 20.3. The Bertz CT molecular complexity index is 744. The van der Waals surface area contributed by atoms with E-state index in [1.54, 1.807) is 11.9 Å². The molecular weight excluding hydrogens is 368 g/mol. The monoisotopic (exact) mass is 395 g/mol. The minimum Gasteiger partial charge on any atom is -0.480 e. The Hall–Kier alpha value is -2.22. The zero-order valence-electron chi connectivity index (χ0n) is 16.1. The lowest BCUT2D eigenvalue weighted by Crippen LogP contribution is -2.43. The van der Waals surface area contributed by atoms with Gasteiger partial charge >= 0.3 is 12.0 Å². The van der Waals surface area contributed by atoms with Crippen molar-refractivity contribution in [2.24, 2.45) is 0 Å². The van der Waals surface area contributed by atoms with Gasteiger partial charge in [0.25, 0.3) is 0 Å². The zero-order valence-corrected chi connectivity index (χ0v) is 16.1. The Morgan fingerprint density at radius 3 is 2.75 bits per heavy atom. The molecule has 1 heterocycles. The summed E-state index contributed by atoms with van der Waals surface area (Å²) in [5.74, 6) is -2.04. The van der Waals surface area contributed by atoms with Crippen LogP contribution in [0, 0.1) is 11.6 Å². The lowest BCUT2D eigenvalue weighted by molar-refractivity contribution is -0.138. The summed E-state index contributed by atoms with van der Waals surface area (Å²) in [7, 11) is 1.79. The fraction of sp³-hybridized carbons (Fsp3) is 0.600. The Morgan fingerprint density at radius 2 is 2.00 bits per heavy atom. The van der Waals surface area contributed by atoms with Crippen molar-refractivity contribution >= 4 is 12.0 Å². The molecule has 154 valence electrons. The second-order valence-corrected chi connectivity index (χ2v) is 7.73. The molecule has 2 atom stereocenters.